The lowest BCUT2D eigenvalue weighted by molar-refractivity contribution is -0.0272. The molecule has 1 heterocycles. The molecule has 0 unspecified atom stereocenters. The van der Waals surface area contributed by atoms with E-state index in [1.165, 1.54) is 5.23 Å². The number of nitrogen functional groups attached to an aromatic ring is 2. The van der Waals surface area contributed by atoms with Crippen LogP contribution in [0.2, 0.25) is 0 Å². The predicted octanol–water partition coefficient (Wildman–Crippen LogP) is 7.70. The molecule has 0 radical (unpaired) electrons. The quantitative estimate of drug-likeness (QED) is 0.208. The van der Waals surface area contributed by atoms with E-state index < -0.39 is 11.2 Å². The standard InChI is InChI=1S/C19H24N2O3.C13H12BrNO/c1-18(2)19(3,4)24-21(23-18)15-10-11-17(16(20)12-15)22-13-14-8-6-5-7-9-14;14-11-6-7-13(12(15)8-11)16-9-10-4-2-1-3-5-10/h5-12H,13,20H2,1-4H3;1-8H,9,15H2. The van der Waals surface area contributed by atoms with Gasteiger partial charge in [0.05, 0.1) is 17.1 Å². The first-order valence-corrected chi connectivity index (χ1v) is 13.8. The number of halogens is 1. The zero-order valence-electron chi connectivity index (χ0n) is 23.3. The van der Waals surface area contributed by atoms with Crippen molar-refractivity contribution in [2.45, 2.75) is 52.1 Å². The summed E-state index contributed by atoms with van der Waals surface area (Å²) in [7, 11) is 0. The topological polar surface area (TPSA) is 92.2 Å². The molecule has 1 saturated heterocycles. The van der Waals surface area contributed by atoms with E-state index in [0.717, 1.165) is 21.3 Å². The number of benzene rings is 4. The Labute approximate surface area is 244 Å². The second kappa shape index (κ2) is 12.6. The average molecular weight is 607 g/mol. The van der Waals surface area contributed by atoms with Crippen molar-refractivity contribution in [2.24, 2.45) is 0 Å². The van der Waals surface area contributed by atoms with Crippen LogP contribution in [0.1, 0.15) is 38.8 Å². The lowest BCUT2D eigenvalue weighted by Gasteiger charge is -2.26. The fourth-order valence-electron chi connectivity index (χ4n) is 3.66. The minimum Gasteiger partial charge on any atom is -0.487 e. The Balaban J connectivity index is 0.000000201. The Morgan fingerprint density at radius 3 is 1.55 bits per heavy atom. The van der Waals surface area contributed by atoms with Gasteiger partial charge in [-0.15, -0.1) is 5.23 Å². The summed E-state index contributed by atoms with van der Waals surface area (Å²) < 4.78 is 12.4. The van der Waals surface area contributed by atoms with Crippen LogP contribution in [0.4, 0.5) is 17.1 Å². The third-order valence-corrected chi connectivity index (χ3v) is 7.22. The molecule has 0 saturated carbocycles. The van der Waals surface area contributed by atoms with Gasteiger partial charge in [0.15, 0.2) is 0 Å². The molecule has 4 aromatic rings. The first-order chi connectivity index (χ1) is 19.0. The molecule has 1 aliphatic heterocycles. The lowest BCUT2D eigenvalue weighted by Crippen LogP contribution is -2.41. The third kappa shape index (κ3) is 7.47. The Bertz CT molecular complexity index is 1380. The fourth-order valence-corrected chi connectivity index (χ4v) is 4.04. The monoisotopic (exact) mass is 605 g/mol. The third-order valence-electron chi connectivity index (χ3n) is 6.72. The van der Waals surface area contributed by atoms with E-state index in [1.54, 1.807) is 6.07 Å². The molecular formula is C32H36BrN3O4. The molecular weight excluding hydrogens is 570 g/mol. The molecule has 0 aliphatic carbocycles. The molecule has 210 valence electrons. The summed E-state index contributed by atoms with van der Waals surface area (Å²) in [5.74, 6) is 1.35. The van der Waals surface area contributed by atoms with Gasteiger partial charge in [0.1, 0.15) is 35.9 Å². The molecule has 40 heavy (non-hydrogen) atoms. The van der Waals surface area contributed by atoms with Gasteiger partial charge in [-0.3, -0.25) is 0 Å². The van der Waals surface area contributed by atoms with Crippen molar-refractivity contribution < 1.29 is 19.1 Å². The summed E-state index contributed by atoms with van der Waals surface area (Å²) in [6, 6.07) is 31.1. The van der Waals surface area contributed by atoms with E-state index >= 15 is 0 Å². The van der Waals surface area contributed by atoms with Crippen molar-refractivity contribution in [3.63, 3.8) is 0 Å². The number of hydrogen-bond donors (Lipinski definition) is 2. The Morgan fingerprint density at radius 1 is 0.650 bits per heavy atom. The van der Waals surface area contributed by atoms with E-state index in [1.807, 2.05) is 119 Å². The van der Waals surface area contributed by atoms with Crippen molar-refractivity contribution in [2.75, 3.05) is 16.7 Å². The maximum atomic E-state index is 6.13. The molecule has 1 aliphatic rings. The van der Waals surface area contributed by atoms with Gasteiger partial charge in [-0.2, -0.15) is 0 Å². The van der Waals surface area contributed by atoms with Crippen LogP contribution in [0.15, 0.2) is 102 Å². The van der Waals surface area contributed by atoms with E-state index in [9.17, 15) is 0 Å². The maximum Gasteiger partial charge on any atom is 0.142 e. The molecule has 0 spiro atoms. The van der Waals surface area contributed by atoms with Gasteiger partial charge >= 0.3 is 0 Å². The van der Waals surface area contributed by atoms with Gasteiger partial charge in [0, 0.05) is 4.47 Å². The van der Waals surface area contributed by atoms with Crippen molar-refractivity contribution in [1.29, 1.82) is 0 Å². The predicted molar refractivity (Wildman–Crippen MR) is 164 cm³/mol. The minimum atomic E-state index is -0.440. The Hall–Kier alpha value is -3.72. The summed E-state index contributed by atoms with van der Waals surface area (Å²) >= 11 is 3.36. The van der Waals surface area contributed by atoms with Gasteiger partial charge in [-0.25, -0.2) is 9.68 Å². The van der Waals surface area contributed by atoms with Crippen LogP contribution in [-0.4, -0.2) is 11.2 Å². The second-order valence-electron chi connectivity index (χ2n) is 10.4. The molecule has 1 fully saturated rings. The summed E-state index contributed by atoms with van der Waals surface area (Å²) in [6.07, 6.45) is 0. The highest BCUT2D eigenvalue weighted by molar-refractivity contribution is 9.10. The minimum absolute atomic E-state index is 0.440. The zero-order valence-corrected chi connectivity index (χ0v) is 24.9. The van der Waals surface area contributed by atoms with E-state index in [-0.39, 0.29) is 0 Å². The smallest absolute Gasteiger partial charge is 0.142 e. The molecule has 0 amide bonds. The normalized spacial score (nSPS) is 15.2. The maximum absolute atomic E-state index is 6.13. The summed E-state index contributed by atoms with van der Waals surface area (Å²) in [5, 5.41) is 1.43. The van der Waals surface area contributed by atoms with E-state index in [4.69, 9.17) is 30.6 Å². The molecule has 4 aromatic carbocycles. The highest BCUT2D eigenvalue weighted by Crippen LogP contribution is 2.41. The largest absolute Gasteiger partial charge is 0.487 e. The van der Waals surface area contributed by atoms with Gasteiger partial charge in [0.25, 0.3) is 0 Å². The van der Waals surface area contributed by atoms with E-state index in [2.05, 4.69) is 15.9 Å². The zero-order chi connectivity index (χ0) is 28.8. The Morgan fingerprint density at radius 2 is 1.10 bits per heavy atom. The number of ether oxygens (including phenoxy) is 2. The first kappa shape index (κ1) is 29.3. The van der Waals surface area contributed by atoms with E-state index in [0.29, 0.717) is 36.1 Å². The van der Waals surface area contributed by atoms with Crippen molar-refractivity contribution >= 4 is 33.0 Å². The van der Waals surface area contributed by atoms with Gasteiger partial charge < -0.3 is 20.9 Å². The van der Waals surface area contributed by atoms with Crippen molar-refractivity contribution in [3.05, 3.63) is 113 Å². The molecule has 0 atom stereocenters. The molecule has 4 N–H and O–H groups in total. The summed E-state index contributed by atoms with van der Waals surface area (Å²) in [4.78, 5) is 11.8. The van der Waals surface area contributed by atoms with Crippen LogP contribution in [0.3, 0.4) is 0 Å². The average Bonchev–Trinajstić information content (AvgIpc) is 3.15. The van der Waals surface area contributed by atoms with Crippen LogP contribution in [0, 0.1) is 0 Å². The highest BCUT2D eigenvalue weighted by atomic mass is 79.9. The molecule has 8 heteroatoms. The van der Waals surface area contributed by atoms with Gasteiger partial charge in [-0.1, -0.05) is 76.6 Å². The van der Waals surface area contributed by atoms with Crippen molar-refractivity contribution in [3.8, 4) is 11.5 Å². The molecule has 7 nitrogen and oxygen atoms in total. The Kier molecular flexibility index (Phi) is 9.25. The summed E-state index contributed by atoms with van der Waals surface area (Å²) in [6.45, 7) is 8.98. The number of nitrogens with zero attached hydrogens (tertiary/aromatic N) is 1. The number of hydrogen-bond acceptors (Lipinski definition) is 7. The highest BCUT2D eigenvalue weighted by Gasteiger charge is 2.50. The van der Waals surface area contributed by atoms with Gasteiger partial charge in [-0.05, 0) is 75.2 Å². The van der Waals surface area contributed by atoms with Crippen LogP contribution in [0.25, 0.3) is 0 Å². The SMILES string of the molecule is CC1(C)ON(c2ccc(OCc3ccccc3)c(N)c2)OC1(C)C.Nc1cc(Br)ccc1OCc1ccccc1. The molecule has 0 bridgehead atoms. The second-order valence-corrected chi connectivity index (χ2v) is 11.3. The van der Waals surface area contributed by atoms with Crippen LogP contribution >= 0.6 is 15.9 Å². The number of nitrogens with two attached hydrogens (primary N) is 2. The fraction of sp³-hybridized carbons (Fsp3) is 0.250. The van der Waals surface area contributed by atoms with Crippen molar-refractivity contribution in [1.82, 2.24) is 0 Å². The molecule has 0 aromatic heterocycles. The van der Waals surface area contributed by atoms with Crippen LogP contribution in [-0.2, 0) is 22.9 Å². The summed E-state index contributed by atoms with van der Waals surface area (Å²) in [5.41, 5.74) is 15.2. The number of anilines is 3. The van der Waals surface area contributed by atoms with Crippen LogP contribution < -0.4 is 26.2 Å². The number of rotatable bonds is 7. The van der Waals surface area contributed by atoms with Crippen LogP contribution in [0.5, 0.6) is 11.5 Å². The van der Waals surface area contributed by atoms with Gasteiger partial charge in [0.2, 0.25) is 0 Å². The first-order valence-electron chi connectivity index (χ1n) is 13.0. The lowest BCUT2D eigenvalue weighted by atomic mass is 9.90. The molecule has 5 rings (SSSR count).